The SMILES string of the molecule is C=C1CC[C@H]2C(C)(C)CCC[C@]2(C)[C@H]1CC/C(C)=C/COc1cc(O)c2c(=O)c(O)c(-c3ccc(OC)cc3)oc2c1. The largest absolute Gasteiger partial charge is 0.507 e. The summed E-state index contributed by atoms with van der Waals surface area (Å²) in [5.41, 5.74) is 3.32. The molecule has 2 saturated carbocycles. The molecule has 0 bridgehead atoms. The van der Waals surface area contributed by atoms with E-state index in [9.17, 15) is 15.0 Å². The maximum absolute atomic E-state index is 12.9. The van der Waals surface area contributed by atoms with Gasteiger partial charge in [0.2, 0.25) is 11.2 Å². The van der Waals surface area contributed by atoms with E-state index in [0.717, 1.165) is 25.2 Å². The summed E-state index contributed by atoms with van der Waals surface area (Å²) in [6.45, 7) is 14.4. The highest BCUT2D eigenvalue weighted by Gasteiger charge is 2.52. The molecule has 1 aromatic heterocycles. The maximum Gasteiger partial charge on any atom is 0.238 e. The topological polar surface area (TPSA) is 89.1 Å². The van der Waals surface area contributed by atoms with Gasteiger partial charge in [0.25, 0.3) is 0 Å². The average Bonchev–Trinajstić information content (AvgIpc) is 2.94. The van der Waals surface area contributed by atoms with Crippen LogP contribution in [-0.2, 0) is 0 Å². The van der Waals surface area contributed by atoms with E-state index in [0.29, 0.717) is 40.4 Å². The van der Waals surface area contributed by atoms with Gasteiger partial charge in [0.1, 0.15) is 34.8 Å². The van der Waals surface area contributed by atoms with Gasteiger partial charge < -0.3 is 24.1 Å². The van der Waals surface area contributed by atoms with Gasteiger partial charge in [-0.25, -0.2) is 0 Å². The van der Waals surface area contributed by atoms with Crippen LogP contribution >= 0.6 is 0 Å². The predicted octanol–water partition coefficient (Wildman–Crippen LogP) is 8.78. The van der Waals surface area contributed by atoms with Gasteiger partial charge in [0, 0.05) is 17.7 Å². The number of phenols is 1. The molecule has 0 spiro atoms. The quantitative estimate of drug-likeness (QED) is 0.262. The zero-order chi connectivity index (χ0) is 30.2. The summed E-state index contributed by atoms with van der Waals surface area (Å²) in [7, 11) is 1.56. The minimum Gasteiger partial charge on any atom is -0.507 e. The summed E-state index contributed by atoms with van der Waals surface area (Å²) in [5, 5.41) is 21.1. The normalized spacial score (nSPS) is 23.9. The summed E-state index contributed by atoms with van der Waals surface area (Å²) in [6.07, 6.45) is 10.5. The molecule has 2 aliphatic carbocycles. The first-order valence-corrected chi connectivity index (χ1v) is 15.1. The Hall–Kier alpha value is -3.67. The Morgan fingerprint density at radius 1 is 1.12 bits per heavy atom. The molecule has 6 heteroatoms. The van der Waals surface area contributed by atoms with Crippen LogP contribution in [0.25, 0.3) is 22.3 Å². The minimum absolute atomic E-state index is 0.0176. The van der Waals surface area contributed by atoms with Crippen LogP contribution in [0.1, 0.15) is 72.6 Å². The molecule has 3 aromatic rings. The summed E-state index contributed by atoms with van der Waals surface area (Å²) in [4.78, 5) is 12.9. The zero-order valence-electron chi connectivity index (χ0n) is 25.6. The Bertz CT molecular complexity index is 1560. The van der Waals surface area contributed by atoms with Crippen LogP contribution in [0.4, 0.5) is 0 Å². The van der Waals surface area contributed by atoms with E-state index < -0.39 is 11.2 Å². The molecule has 1 heterocycles. The Morgan fingerprint density at radius 2 is 1.86 bits per heavy atom. The molecule has 3 atom stereocenters. The second-order valence-electron chi connectivity index (χ2n) is 13.2. The van der Waals surface area contributed by atoms with Crippen LogP contribution in [0, 0.1) is 22.7 Å². The first-order chi connectivity index (χ1) is 19.9. The molecule has 2 aliphatic rings. The molecule has 2 N–H and O–H groups in total. The van der Waals surface area contributed by atoms with Crippen molar-refractivity contribution in [3.05, 3.63) is 70.4 Å². The molecule has 224 valence electrons. The lowest BCUT2D eigenvalue weighted by Crippen LogP contribution is -2.49. The molecule has 0 aliphatic heterocycles. The van der Waals surface area contributed by atoms with Crippen LogP contribution in [0.15, 0.2) is 69.4 Å². The molecular formula is C36H44O6. The highest BCUT2D eigenvalue weighted by atomic mass is 16.5. The number of ether oxygens (including phenoxy) is 2. The van der Waals surface area contributed by atoms with Gasteiger partial charge in [-0.15, -0.1) is 0 Å². The Morgan fingerprint density at radius 3 is 2.57 bits per heavy atom. The van der Waals surface area contributed by atoms with Crippen molar-refractivity contribution in [2.24, 2.45) is 22.7 Å². The van der Waals surface area contributed by atoms with E-state index in [1.807, 2.05) is 0 Å². The van der Waals surface area contributed by atoms with Crippen molar-refractivity contribution in [3.8, 4) is 34.3 Å². The summed E-state index contributed by atoms with van der Waals surface area (Å²) in [5.74, 6) is 1.45. The van der Waals surface area contributed by atoms with Gasteiger partial charge in [-0.3, -0.25) is 4.79 Å². The average molecular weight is 573 g/mol. The molecule has 0 unspecified atom stereocenters. The second kappa shape index (κ2) is 11.5. The zero-order valence-corrected chi connectivity index (χ0v) is 25.6. The number of phenolic OH excluding ortho intramolecular Hbond substituents is 1. The number of benzene rings is 2. The van der Waals surface area contributed by atoms with Gasteiger partial charge >= 0.3 is 0 Å². The van der Waals surface area contributed by atoms with E-state index >= 15 is 0 Å². The Balaban J connectivity index is 1.29. The van der Waals surface area contributed by atoms with E-state index in [4.69, 9.17) is 13.9 Å². The van der Waals surface area contributed by atoms with E-state index in [1.54, 1.807) is 37.4 Å². The van der Waals surface area contributed by atoms with Gasteiger partial charge in [0.15, 0.2) is 5.76 Å². The number of hydrogen-bond acceptors (Lipinski definition) is 6. The third-order valence-electron chi connectivity index (χ3n) is 10.1. The first kappa shape index (κ1) is 29.8. The van der Waals surface area contributed by atoms with Crippen LogP contribution in [-0.4, -0.2) is 23.9 Å². The lowest BCUT2D eigenvalue weighted by molar-refractivity contribution is -0.0539. The Labute approximate surface area is 248 Å². The lowest BCUT2D eigenvalue weighted by atomic mass is 9.47. The molecule has 0 amide bonds. The van der Waals surface area contributed by atoms with Crippen molar-refractivity contribution in [3.63, 3.8) is 0 Å². The first-order valence-electron chi connectivity index (χ1n) is 15.1. The molecule has 2 fully saturated rings. The number of methoxy groups -OCH3 is 1. The molecule has 6 nitrogen and oxygen atoms in total. The highest BCUT2D eigenvalue weighted by Crippen LogP contribution is 2.61. The smallest absolute Gasteiger partial charge is 0.238 e. The number of hydrogen-bond donors (Lipinski definition) is 2. The highest BCUT2D eigenvalue weighted by molar-refractivity contribution is 5.88. The third-order valence-corrected chi connectivity index (χ3v) is 10.1. The third kappa shape index (κ3) is 5.56. The van der Waals surface area contributed by atoms with E-state index in [-0.39, 0.29) is 22.5 Å². The van der Waals surface area contributed by atoms with Crippen LogP contribution in [0.3, 0.4) is 0 Å². The molecule has 42 heavy (non-hydrogen) atoms. The number of fused-ring (bicyclic) bond motifs is 2. The second-order valence-corrected chi connectivity index (χ2v) is 13.2. The summed E-state index contributed by atoms with van der Waals surface area (Å²) < 4.78 is 17.1. The van der Waals surface area contributed by atoms with Crippen molar-refractivity contribution in [2.75, 3.05) is 13.7 Å². The summed E-state index contributed by atoms with van der Waals surface area (Å²) in [6, 6.07) is 9.76. The van der Waals surface area contributed by atoms with Crippen molar-refractivity contribution < 1.29 is 24.1 Å². The minimum atomic E-state index is -0.705. The number of aromatic hydroxyl groups is 2. The standard InChI is InChI=1S/C36H44O6/c1-22(8-14-27-23(2)9-15-30-35(3,4)17-7-18-36(27,30)5)16-19-41-26-20-28(37)31-29(21-26)42-34(33(39)32(31)38)24-10-12-25(40-6)13-11-24/h10-13,16,20-21,27,30,37,39H,2,7-9,14-15,17-19H2,1,3-6H3/b22-16+/t27-,30-,36+/m0/s1. The van der Waals surface area contributed by atoms with Crippen molar-refractivity contribution in [2.45, 2.75) is 72.6 Å². The van der Waals surface area contributed by atoms with Crippen LogP contribution in [0.5, 0.6) is 23.0 Å². The number of rotatable bonds is 8. The molecule has 0 radical (unpaired) electrons. The molecule has 0 saturated heterocycles. The van der Waals surface area contributed by atoms with Gasteiger partial charge in [0.05, 0.1) is 7.11 Å². The monoisotopic (exact) mass is 572 g/mol. The van der Waals surface area contributed by atoms with Crippen molar-refractivity contribution in [1.29, 1.82) is 0 Å². The number of allylic oxidation sites excluding steroid dienone is 2. The van der Waals surface area contributed by atoms with Crippen molar-refractivity contribution >= 4 is 11.0 Å². The molecular weight excluding hydrogens is 528 g/mol. The van der Waals surface area contributed by atoms with E-state index in [1.165, 1.54) is 42.9 Å². The fourth-order valence-electron chi connectivity index (χ4n) is 7.85. The van der Waals surface area contributed by atoms with Gasteiger partial charge in [-0.1, -0.05) is 44.9 Å². The van der Waals surface area contributed by atoms with Gasteiger partial charge in [-0.05, 0) is 98.5 Å². The predicted molar refractivity (Wildman–Crippen MR) is 167 cm³/mol. The molecule has 5 rings (SSSR count). The fourth-order valence-corrected chi connectivity index (χ4v) is 7.85. The van der Waals surface area contributed by atoms with Crippen LogP contribution in [0.2, 0.25) is 0 Å². The van der Waals surface area contributed by atoms with Gasteiger partial charge in [-0.2, -0.15) is 0 Å². The van der Waals surface area contributed by atoms with E-state index in [2.05, 4.69) is 40.3 Å². The maximum atomic E-state index is 12.9. The lowest BCUT2D eigenvalue weighted by Gasteiger charge is -2.58. The summed E-state index contributed by atoms with van der Waals surface area (Å²) >= 11 is 0. The van der Waals surface area contributed by atoms with Crippen LogP contribution < -0.4 is 14.9 Å². The van der Waals surface area contributed by atoms with Crippen molar-refractivity contribution in [1.82, 2.24) is 0 Å². The molecule has 2 aromatic carbocycles. The fraction of sp³-hybridized carbons (Fsp3) is 0.472. The Kier molecular flexibility index (Phi) is 8.19.